The Morgan fingerprint density at radius 1 is 1.16 bits per heavy atom. The number of amides is 1. The van der Waals surface area contributed by atoms with E-state index < -0.39 is 22.2 Å². The minimum absolute atomic E-state index is 0.0546. The third-order valence-electron chi connectivity index (χ3n) is 5.65. The van der Waals surface area contributed by atoms with Gasteiger partial charge >= 0.3 is 6.09 Å². The molecule has 9 nitrogen and oxygen atoms in total. The molecule has 0 fully saturated rings. The second-order valence-corrected chi connectivity index (χ2v) is 11.1. The molecule has 3 rings (SSSR count). The Bertz CT molecular complexity index is 1250. The molecule has 3 aromatic rings. The summed E-state index contributed by atoms with van der Waals surface area (Å²) in [5.41, 5.74) is 0.703. The van der Waals surface area contributed by atoms with Crippen LogP contribution in [-0.4, -0.2) is 48.4 Å². The number of hydrogen-bond acceptors (Lipinski definition) is 6. The van der Waals surface area contributed by atoms with Gasteiger partial charge in [0, 0.05) is 47.1 Å². The summed E-state index contributed by atoms with van der Waals surface area (Å²) in [7, 11) is -4.03. The van der Waals surface area contributed by atoms with Crippen LogP contribution in [0.3, 0.4) is 0 Å². The lowest BCUT2D eigenvalue weighted by atomic mass is 10.1. The molecule has 0 unspecified atom stereocenters. The molecule has 2 N–H and O–H groups in total. The maximum Gasteiger partial charge on any atom is 0.407 e. The monoisotopic (exact) mass is 568 g/mol. The summed E-state index contributed by atoms with van der Waals surface area (Å²) in [5, 5.41) is 13.3. The zero-order valence-electron chi connectivity index (χ0n) is 20.4. The van der Waals surface area contributed by atoms with Gasteiger partial charge < -0.3 is 19.7 Å². The summed E-state index contributed by atoms with van der Waals surface area (Å²) in [5.74, 6) is 0. The van der Waals surface area contributed by atoms with E-state index in [4.69, 9.17) is 27.9 Å². The number of aryl methyl sites for hydroxylation is 1. The standard InChI is InChI=1S/C25H30Cl2N4O5S/c1-19(4-2-15-36-25(33)29-11-3-13-30-14-12-28-18-30)31(24-16-22(27)6-5-20(24)17-32)37(34,35)23-9-7-21(26)8-10-23/h5-10,12,14,16,18-19,32H,2-4,11,13,15,17H2,1H3,(H,29,33)/t19-/m0/s1. The van der Waals surface area contributed by atoms with Crippen molar-refractivity contribution in [2.24, 2.45) is 0 Å². The number of hydrogen-bond donors (Lipinski definition) is 2. The van der Waals surface area contributed by atoms with Crippen molar-refractivity contribution >= 4 is 45.0 Å². The molecule has 0 bridgehead atoms. The van der Waals surface area contributed by atoms with Gasteiger partial charge in [0.1, 0.15) is 0 Å². The molecule has 0 saturated carbocycles. The predicted molar refractivity (Wildman–Crippen MR) is 143 cm³/mol. The first-order valence-electron chi connectivity index (χ1n) is 11.8. The fourth-order valence-corrected chi connectivity index (χ4v) is 5.79. The molecule has 37 heavy (non-hydrogen) atoms. The molecule has 200 valence electrons. The minimum Gasteiger partial charge on any atom is -0.450 e. The lowest BCUT2D eigenvalue weighted by Gasteiger charge is -2.32. The number of rotatable bonds is 13. The molecule has 2 aromatic carbocycles. The zero-order chi connectivity index (χ0) is 26.8. The number of carbonyl (C=O) groups excluding carboxylic acids is 1. The van der Waals surface area contributed by atoms with Crippen molar-refractivity contribution < 1.29 is 23.1 Å². The van der Waals surface area contributed by atoms with E-state index in [-0.39, 0.29) is 23.8 Å². The lowest BCUT2D eigenvalue weighted by Crippen LogP contribution is -2.39. The Morgan fingerprint density at radius 2 is 1.89 bits per heavy atom. The molecule has 0 saturated heterocycles. The van der Waals surface area contributed by atoms with E-state index in [2.05, 4.69) is 10.3 Å². The first-order valence-corrected chi connectivity index (χ1v) is 14.0. The summed E-state index contributed by atoms with van der Waals surface area (Å²) in [6.07, 6.45) is 6.27. The van der Waals surface area contributed by atoms with E-state index in [0.29, 0.717) is 35.0 Å². The van der Waals surface area contributed by atoms with Gasteiger partial charge in [0.05, 0.1) is 30.1 Å². The van der Waals surface area contributed by atoms with Crippen LogP contribution < -0.4 is 9.62 Å². The topological polar surface area (TPSA) is 114 Å². The lowest BCUT2D eigenvalue weighted by molar-refractivity contribution is 0.143. The summed E-state index contributed by atoms with van der Waals surface area (Å²) in [6.45, 7) is 2.70. The van der Waals surface area contributed by atoms with Crippen molar-refractivity contribution in [3.05, 3.63) is 76.8 Å². The van der Waals surface area contributed by atoms with Gasteiger partial charge in [-0.25, -0.2) is 18.2 Å². The van der Waals surface area contributed by atoms with Gasteiger partial charge in [0.15, 0.2) is 0 Å². The number of imidazole rings is 1. The first-order chi connectivity index (χ1) is 17.7. The van der Waals surface area contributed by atoms with Gasteiger partial charge in [-0.15, -0.1) is 0 Å². The highest BCUT2D eigenvalue weighted by atomic mass is 35.5. The smallest absolute Gasteiger partial charge is 0.407 e. The number of alkyl carbamates (subject to hydrolysis) is 1. The molecule has 1 amide bonds. The molecule has 1 atom stereocenters. The number of aromatic nitrogens is 2. The van der Waals surface area contributed by atoms with Gasteiger partial charge in [0.25, 0.3) is 10.0 Å². The van der Waals surface area contributed by atoms with E-state index in [0.717, 1.165) is 13.0 Å². The fourth-order valence-electron chi connectivity index (χ4n) is 3.78. The van der Waals surface area contributed by atoms with Gasteiger partial charge in [0.2, 0.25) is 0 Å². The number of nitrogens with one attached hydrogen (secondary N) is 1. The Morgan fingerprint density at radius 3 is 2.57 bits per heavy atom. The van der Waals surface area contributed by atoms with E-state index in [1.165, 1.54) is 34.6 Å². The Balaban J connectivity index is 1.63. The number of nitrogens with zero attached hydrogens (tertiary/aromatic N) is 3. The zero-order valence-corrected chi connectivity index (χ0v) is 22.7. The van der Waals surface area contributed by atoms with E-state index in [9.17, 15) is 18.3 Å². The molecule has 12 heteroatoms. The van der Waals surface area contributed by atoms with Crippen molar-refractivity contribution in [1.29, 1.82) is 0 Å². The molecular weight excluding hydrogens is 539 g/mol. The van der Waals surface area contributed by atoms with Gasteiger partial charge in [-0.2, -0.15) is 0 Å². The Labute approximate surface area is 227 Å². The van der Waals surface area contributed by atoms with Crippen LogP contribution in [0.15, 0.2) is 66.1 Å². The minimum atomic E-state index is -4.03. The molecule has 0 aliphatic carbocycles. The van der Waals surface area contributed by atoms with Crippen molar-refractivity contribution in [3.8, 4) is 0 Å². The van der Waals surface area contributed by atoms with Crippen LogP contribution in [0.25, 0.3) is 0 Å². The summed E-state index contributed by atoms with van der Waals surface area (Å²) in [6, 6.07) is 10.0. The van der Waals surface area contributed by atoms with Crippen molar-refractivity contribution in [2.45, 2.75) is 50.3 Å². The third kappa shape index (κ3) is 8.10. The number of benzene rings is 2. The van der Waals surface area contributed by atoms with Crippen LogP contribution >= 0.6 is 23.2 Å². The molecule has 0 aliphatic rings. The summed E-state index contributed by atoms with van der Waals surface area (Å²) in [4.78, 5) is 16.0. The SMILES string of the molecule is C[C@@H](CCCOC(=O)NCCCn1ccnc1)N(c1cc(Cl)ccc1CO)S(=O)(=O)c1ccc(Cl)cc1. The number of aliphatic hydroxyl groups is 1. The number of halogens is 2. The first kappa shape index (κ1) is 28.8. The van der Waals surface area contributed by atoms with E-state index in [1.807, 2.05) is 10.8 Å². The van der Waals surface area contributed by atoms with Crippen molar-refractivity contribution in [3.63, 3.8) is 0 Å². The summed E-state index contributed by atoms with van der Waals surface area (Å²) >= 11 is 12.1. The maximum absolute atomic E-state index is 13.7. The third-order valence-corrected chi connectivity index (χ3v) is 8.08. The molecule has 1 heterocycles. The highest BCUT2D eigenvalue weighted by Crippen LogP contribution is 2.33. The van der Waals surface area contributed by atoms with Crippen LogP contribution in [0.1, 0.15) is 31.7 Å². The molecule has 1 aromatic heterocycles. The normalized spacial score (nSPS) is 12.2. The molecule has 0 radical (unpaired) electrons. The summed E-state index contributed by atoms with van der Waals surface area (Å²) < 4.78 is 35.8. The molecule has 0 spiro atoms. The second kappa shape index (κ2) is 13.7. The fraction of sp³-hybridized carbons (Fsp3) is 0.360. The Kier molecular flexibility index (Phi) is 10.6. The van der Waals surface area contributed by atoms with E-state index in [1.54, 1.807) is 31.6 Å². The van der Waals surface area contributed by atoms with Crippen LogP contribution in [0.5, 0.6) is 0 Å². The number of ether oxygens (including phenoxy) is 1. The number of anilines is 1. The van der Waals surface area contributed by atoms with Crippen LogP contribution in [0.4, 0.5) is 10.5 Å². The van der Waals surface area contributed by atoms with Crippen LogP contribution in [0.2, 0.25) is 10.0 Å². The predicted octanol–water partition coefficient (Wildman–Crippen LogP) is 4.86. The number of carbonyl (C=O) groups is 1. The molecule has 0 aliphatic heterocycles. The van der Waals surface area contributed by atoms with Gasteiger partial charge in [-0.1, -0.05) is 29.3 Å². The van der Waals surface area contributed by atoms with Crippen LogP contribution in [0, 0.1) is 0 Å². The number of aliphatic hydroxyl groups excluding tert-OH is 1. The van der Waals surface area contributed by atoms with Crippen molar-refractivity contribution in [1.82, 2.24) is 14.9 Å². The van der Waals surface area contributed by atoms with Crippen molar-refractivity contribution in [2.75, 3.05) is 17.5 Å². The highest BCUT2D eigenvalue weighted by molar-refractivity contribution is 7.92. The molecular formula is C25H30Cl2N4O5S. The average molecular weight is 570 g/mol. The van der Waals surface area contributed by atoms with Crippen LogP contribution in [-0.2, 0) is 27.9 Å². The Hall–Kier alpha value is -2.79. The second-order valence-electron chi connectivity index (χ2n) is 8.39. The average Bonchev–Trinajstić information content (AvgIpc) is 3.39. The quantitative estimate of drug-likeness (QED) is 0.284. The number of sulfonamides is 1. The van der Waals surface area contributed by atoms with E-state index >= 15 is 0 Å². The van der Waals surface area contributed by atoms with Gasteiger partial charge in [-0.3, -0.25) is 4.31 Å². The largest absolute Gasteiger partial charge is 0.450 e. The maximum atomic E-state index is 13.7. The highest BCUT2D eigenvalue weighted by Gasteiger charge is 2.31. The van der Waals surface area contributed by atoms with Gasteiger partial charge in [-0.05, 0) is 62.6 Å².